The molecule has 0 aliphatic carbocycles. The molecule has 94 valence electrons. The number of carbonyl (C=O) groups is 1. The topological polar surface area (TPSA) is 55.1 Å². The van der Waals surface area contributed by atoms with E-state index in [1.54, 1.807) is 35.5 Å². The molecular formula is C5H10N2OS8. The Labute approximate surface area is 121 Å². The highest BCUT2D eigenvalue weighted by atomic mass is 33.4. The Balaban J connectivity index is 0.000000281. The van der Waals surface area contributed by atoms with E-state index in [0.717, 1.165) is 6.54 Å². The van der Waals surface area contributed by atoms with Gasteiger partial charge in [-0.15, -0.1) is 0 Å². The number of carbonyl (C=O) groups excluding carboxylic acids is 1. The van der Waals surface area contributed by atoms with E-state index in [-0.39, 0.29) is 11.9 Å². The second-order valence-corrected chi connectivity index (χ2v) is 13.3. The number of hydrogen-bond donors (Lipinski definition) is 2. The minimum Gasteiger partial charge on any atom is -0.354 e. The fourth-order valence-electron chi connectivity index (χ4n) is 0.810. The van der Waals surface area contributed by atoms with E-state index in [1.165, 1.54) is 17.8 Å². The largest absolute Gasteiger partial charge is 0.354 e. The Kier molecular flexibility index (Phi) is 12.1. The van der Waals surface area contributed by atoms with E-state index in [0.29, 0.717) is 5.92 Å². The minimum atomic E-state index is -0.269. The van der Waals surface area contributed by atoms with Crippen LogP contribution in [-0.4, -0.2) is 18.5 Å². The Morgan fingerprint density at radius 2 is 1.75 bits per heavy atom. The van der Waals surface area contributed by atoms with Crippen LogP contribution in [0.1, 0.15) is 6.92 Å². The summed E-state index contributed by atoms with van der Waals surface area (Å²) in [5, 5.41) is 2.66. The second kappa shape index (κ2) is 11.3. The van der Waals surface area contributed by atoms with Gasteiger partial charge in [0.1, 0.15) is 0 Å². The van der Waals surface area contributed by atoms with Gasteiger partial charge in [-0.05, 0) is 5.92 Å². The fraction of sp³-hybridized carbons (Fsp3) is 0.800. The first kappa shape index (κ1) is 17.2. The standard InChI is InChI=1S/C5H10N2O.S8/c1-3-2-7-5(8)4(3)6;1-3-5-7-8-6-4-2/h3-4H,2,6H2,1H3,(H,7,8);/t3-,4-;/m0./s1. The van der Waals surface area contributed by atoms with Gasteiger partial charge in [0.15, 0.2) is 0 Å². The first-order chi connectivity index (χ1) is 7.63. The summed E-state index contributed by atoms with van der Waals surface area (Å²) in [5.74, 6) is 0.292. The third-order valence-electron chi connectivity index (χ3n) is 1.65. The molecule has 1 aliphatic rings. The Bertz CT molecular complexity index is 439. The van der Waals surface area contributed by atoms with E-state index in [2.05, 4.69) is 27.7 Å². The van der Waals surface area contributed by atoms with Crippen molar-refractivity contribution < 1.29 is 4.79 Å². The molecule has 1 amide bonds. The SMILES string of the molecule is C[C@H]1CNC(=O)[C@H]1N.S=S=S=S=S=S=S=S. The highest BCUT2D eigenvalue weighted by molar-refractivity contribution is 8.70. The van der Waals surface area contributed by atoms with Crippen molar-refractivity contribution in [3.8, 4) is 0 Å². The molecule has 0 aromatic rings. The van der Waals surface area contributed by atoms with Gasteiger partial charge in [0.25, 0.3) is 0 Å². The van der Waals surface area contributed by atoms with Crippen LogP contribution in [0.15, 0.2) is 0 Å². The maximum atomic E-state index is 10.5. The van der Waals surface area contributed by atoms with Crippen molar-refractivity contribution in [2.45, 2.75) is 13.0 Å². The van der Waals surface area contributed by atoms with Gasteiger partial charge < -0.3 is 11.1 Å². The molecule has 0 aromatic carbocycles. The van der Waals surface area contributed by atoms with Crippen molar-refractivity contribution in [1.82, 2.24) is 5.32 Å². The third-order valence-corrected chi connectivity index (χ3v) is 12.8. The molecule has 1 saturated heterocycles. The minimum absolute atomic E-state index is 0.0162. The van der Waals surface area contributed by atoms with E-state index in [9.17, 15) is 4.79 Å². The van der Waals surface area contributed by atoms with Gasteiger partial charge in [-0.2, -0.15) is 0 Å². The van der Waals surface area contributed by atoms with Crippen LogP contribution in [0.5, 0.6) is 0 Å². The molecule has 0 saturated carbocycles. The monoisotopic (exact) mass is 370 g/mol. The van der Waals surface area contributed by atoms with Crippen molar-refractivity contribution in [3.63, 3.8) is 0 Å². The fourth-order valence-corrected chi connectivity index (χ4v) is 11.8. The zero-order valence-electron chi connectivity index (χ0n) is 8.11. The summed E-state index contributed by atoms with van der Waals surface area (Å²) in [6.07, 6.45) is 0. The molecule has 1 fully saturated rings. The molecule has 0 radical (unpaired) electrons. The van der Waals surface area contributed by atoms with Crippen molar-refractivity contribution >= 4 is 81.6 Å². The van der Waals surface area contributed by atoms with E-state index < -0.39 is 0 Å². The molecule has 1 heterocycles. The van der Waals surface area contributed by atoms with Crippen LogP contribution in [0.3, 0.4) is 0 Å². The lowest BCUT2D eigenvalue weighted by molar-refractivity contribution is -0.120. The molecule has 0 unspecified atom stereocenters. The number of nitrogens with two attached hydrogens (primary N) is 1. The van der Waals surface area contributed by atoms with Gasteiger partial charge in [-0.3, -0.25) is 4.79 Å². The molecule has 11 heteroatoms. The third kappa shape index (κ3) is 8.31. The van der Waals surface area contributed by atoms with Crippen LogP contribution in [0.25, 0.3) is 0 Å². The van der Waals surface area contributed by atoms with Crippen molar-refractivity contribution in [2.24, 2.45) is 11.7 Å². The Hall–Kier alpha value is 1.19. The first-order valence-corrected chi connectivity index (χ1v) is 13.2. The zero-order chi connectivity index (χ0) is 12.4. The summed E-state index contributed by atoms with van der Waals surface area (Å²) in [4.78, 5) is 10.5. The summed E-state index contributed by atoms with van der Waals surface area (Å²) in [6, 6.07) is -0.269. The van der Waals surface area contributed by atoms with Crippen LogP contribution in [0.2, 0.25) is 0 Å². The normalized spacial score (nSPS) is 22.0. The van der Waals surface area contributed by atoms with Crippen LogP contribution in [0, 0.1) is 5.92 Å². The number of rotatable bonds is 0. The summed E-state index contributed by atoms with van der Waals surface area (Å²) in [5.41, 5.74) is 5.41. The van der Waals surface area contributed by atoms with E-state index >= 15 is 0 Å². The lowest BCUT2D eigenvalue weighted by Gasteiger charge is -2.01. The zero-order valence-corrected chi connectivity index (χ0v) is 14.6. The molecule has 0 aromatic heterocycles. The maximum absolute atomic E-state index is 10.5. The summed E-state index contributed by atoms with van der Waals surface area (Å²) >= 11 is 9.21. The molecule has 1 rings (SSSR count). The van der Waals surface area contributed by atoms with Gasteiger partial charge in [0.05, 0.1) is 6.04 Å². The smallest absolute Gasteiger partial charge is 0.237 e. The molecule has 0 bridgehead atoms. The van der Waals surface area contributed by atoms with Crippen molar-refractivity contribution in [3.05, 3.63) is 0 Å². The van der Waals surface area contributed by atoms with Gasteiger partial charge in [0, 0.05) is 82.2 Å². The average molecular weight is 371 g/mol. The highest BCUT2D eigenvalue weighted by Gasteiger charge is 2.26. The second-order valence-electron chi connectivity index (χ2n) is 2.66. The Morgan fingerprint density at radius 3 is 1.94 bits per heavy atom. The van der Waals surface area contributed by atoms with E-state index in [1.807, 2.05) is 6.92 Å². The van der Waals surface area contributed by atoms with Crippen LogP contribution >= 0.6 is 0 Å². The molecular weight excluding hydrogens is 361 g/mol. The predicted molar refractivity (Wildman–Crippen MR) is 89.1 cm³/mol. The highest BCUT2D eigenvalue weighted by Crippen LogP contribution is 2.04. The van der Waals surface area contributed by atoms with Gasteiger partial charge in [0.2, 0.25) is 5.91 Å². The molecule has 3 nitrogen and oxygen atoms in total. The summed E-state index contributed by atoms with van der Waals surface area (Å²) in [7, 11) is 9.12. The average Bonchev–Trinajstić information content (AvgIpc) is 2.57. The van der Waals surface area contributed by atoms with Crippen LogP contribution in [-0.2, 0) is 80.5 Å². The number of amides is 1. The number of hydrogen-bond acceptors (Lipinski definition) is 4. The lowest BCUT2D eigenvalue weighted by atomic mass is 10.1. The van der Waals surface area contributed by atoms with Crippen LogP contribution in [0.4, 0.5) is 0 Å². The summed E-state index contributed by atoms with van der Waals surface area (Å²) in [6.45, 7) is 2.70. The number of nitrogens with one attached hydrogen (secondary N) is 1. The summed E-state index contributed by atoms with van der Waals surface area (Å²) < 4.78 is 0. The quantitative estimate of drug-likeness (QED) is 0.578. The first-order valence-electron chi connectivity index (χ1n) is 3.92. The maximum Gasteiger partial charge on any atom is 0.237 e. The van der Waals surface area contributed by atoms with E-state index in [4.69, 9.17) is 5.73 Å². The lowest BCUT2D eigenvalue weighted by Crippen LogP contribution is -2.32. The van der Waals surface area contributed by atoms with Gasteiger partial charge >= 0.3 is 0 Å². The van der Waals surface area contributed by atoms with Gasteiger partial charge in [-0.25, -0.2) is 0 Å². The molecule has 3 N–H and O–H groups in total. The molecule has 0 spiro atoms. The Morgan fingerprint density at radius 1 is 1.25 bits per heavy atom. The van der Waals surface area contributed by atoms with Crippen molar-refractivity contribution in [1.29, 1.82) is 0 Å². The molecule has 16 heavy (non-hydrogen) atoms. The van der Waals surface area contributed by atoms with Gasteiger partial charge in [-0.1, -0.05) is 6.92 Å². The molecule has 1 aliphatic heterocycles. The predicted octanol–water partition coefficient (Wildman–Crippen LogP) is -0.940. The van der Waals surface area contributed by atoms with Crippen LogP contribution < -0.4 is 11.1 Å². The van der Waals surface area contributed by atoms with Crippen molar-refractivity contribution in [2.75, 3.05) is 6.54 Å². The molecule has 2 atom stereocenters.